The molecule has 0 heterocycles. The molecule has 10 aliphatic carbocycles. The number of nitrogens with zero attached hydrogens (tertiary/aromatic N) is 1. The number of hydrogen-bond donors (Lipinski definition) is 0. The van der Waals surface area contributed by atoms with Crippen LogP contribution in [0.4, 0.5) is 0 Å². The summed E-state index contributed by atoms with van der Waals surface area (Å²) in [5.74, 6) is 7.36. The molecule has 11 heteroatoms. The highest BCUT2D eigenvalue weighted by Gasteiger charge is 2.23. The molecule has 66 heavy (non-hydrogen) atoms. The first kappa shape index (κ1) is 49.5. The van der Waals surface area contributed by atoms with E-state index in [9.17, 15) is 0 Å². The Labute approximate surface area is 393 Å². The number of unbranched alkanes of at least 4 members (excludes halogenated alkanes) is 5. The molecular weight excluding hydrogens is 835 g/mol. The molecule has 0 saturated carbocycles. The fraction of sp³-hybridized carbons (Fsp3) is 0.455. The van der Waals surface area contributed by atoms with Gasteiger partial charge in [-0.1, -0.05) is 19.3 Å². The van der Waals surface area contributed by atoms with E-state index in [1.165, 1.54) is 32.2 Å². The summed E-state index contributed by atoms with van der Waals surface area (Å²) in [5, 5.41) is 0. The molecule has 0 atom stereocenters. The van der Waals surface area contributed by atoms with Crippen molar-refractivity contribution in [3.05, 3.63) is 116 Å². The van der Waals surface area contributed by atoms with E-state index in [2.05, 4.69) is 57.5 Å². The number of methoxy groups -OCH3 is 9. The van der Waals surface area contributed by atoms with Crippen molar-refractivity contribution in [3.63, 3.8) is 0 Å². The van der Waals surface area contributed by atoms with Crippen LogP contribution in [-0.2, 0) is 32.1 Å². The molecule has 356 valence electrons. The summed E-state index contributed by atoms with van der Waals surface area (Å²) in [6.07, 6.45) is 9.55. The number of rotatable bonds is 19. The van der Waals surface area contributed by atoms with Gasteiger partial charge in [-0.15, -0.1) is 0 Å². The first-order valence-corrected chi connectivity index (χ1v) is 23.0. The van der Waals surface area contributed by atoms with E-state index in [4.69, 9.17) is 47.4 Å². The van der Waals surface area contributed by atoms with Crippen LogP contribution in [0.5, 0.6) is 57.5 Å². The zero-order valence-corrected chi connectivity index (χ0v) is 41.5. The van der Waals surface area contributed by atoms with Crippen LogP contribution in [0.15, 0.2) is 60.7 Å². The zero-order valence-electron chi connectivity index (χ0n) is 41.5. The monoisotopic (exact) mass is 907 g/mol. The van der Waals surface area contributed by atoms with Gasteiger partial charge in [-0.3, -0.25) is 0 Å². The number of benzene rings is 5. The maximum atomic E-state index is 6.75. The SMILES string of the molecule is COc1cc2c(OC)cc1Cc1cc(OC)c(cc1OC)Cc1cc(OC)c(cc1OC)Cc1cc(OC)c(cc1OCCCCCCCC[N+](C)(C)C)Cc1cc(OC)c(cc1OC)C2. The topological polar surface area (TPSA) is 92.3 Å². The van der Waals surface area contributed by atoms with E-state index in [0.29, 0.717) is 38.7 Å². The molecule has 0 amide bonds. The standard InChI is InChI=1S/C55H72NO10/c1-56(2,3)19-17-15-13-14-16-18-20-66-55-35-44-24-42-32-50(61-8)40(30-51(42)62-9)22-38-28-46(57-4)36(26-47(38)58-5)21-37-27-49(60-7)39(29-48(37)59-6)23-41-31-53(64-11)43(33-52(41)63-10)25-45(55)34-54(44)65-12/h26-35H,13-25H2,1-12H3/q+1. The third-order valence-corrected chi connectivity index (χ3v) is 12.6. The molecule has 0 fully saturated rings. The predicted octanol–water partition coefficient (Wildman–Crippen LogP) is 10.5. The molecular formula is C55H72NO10+. The van der Waals surface area contributed by atoms with Crippen LogP contribution in [0.1, 0.15) is 94.2 Å². The van der Waals surface area contributed by atoms with Gasteiger partial charge in [-0.25, -0.2) is 0 Å². The summed E-state index contributed by atoms with van der Waals surface area (Å²) in [6.45, 7) is 1.80. The molecule has 0 saturated heterocycles. The molecule has 10 aliphatic rings. The maximum Gasteiger partial charge on any atom is 0.123 e. The number of hydrogen-bond acceptors (Lipinski definition) is 10. The van der Waals surface area contributed by atoms with Crippen LogP contribution >= 0.6 is 0 Å². The Balaban J connectivity index is 1.48. The van der Waals surface area contributed by atoms with Gasteiger partial charge < -0.3 is 51.9 Å². The second-order valence-corrected chi connectivity index (χ2v) is 18.0. The fourth-order valence-electron chi connectivity index (χ4n) is 9.05. The second-order valence-electron chi connectivity index (χ2n) is 18.0. The van der Waals surface area contributed by atoms with Gasteiger partial charge in [-0.05, 0) is 79.9 Å². The molecule has 11 nitrogen and oxygen atoms in total. The van der Waals surface area contributed by atoms with Crippen molar-refractivity contribution in [1.82, 2.24) is 0 Å². The lowest BCUT2D eigenvalue weighted by molar-refractivity contribution is -0.870. The van der Waals surface area contributed by atoms with Gasteiger partial charge in [0.2, 0.25) is 0 Å². The largest absolute Gasteiger partial charge is 0.496 e. The minimum Gasteiger partial charge on any atom is -0.496 e. The van der Waals surface area contributed by atoms with Gasteiger partial charge in [0.05, 0.1) is 98.3 Å². The summed E-state index contributed by atoms with van der Waals surface area (Å²) in [6, 6.07) is 20.6. The molecule has 0 aromatic heterocycles. The Morgan fingerprint density at radius 1 is 0.288 bits per heavy atom. The van der Waals surface area contributed by atoms with E-state index in [1.54, 1.807) is 64.0 Å². The van der Waals surface area contributed by atoms with Crippen molar-refractivity contribution in [2.75, 3.05) is 98.3 Å². The molecule has 5 aromatic rings. The highest BCUT2D eigenvalue weighted by molar-refractivity contribution is 5.59. The van der Waals surface area contributed by atoms with Crippen LogP contribution in [0, 0.1) is 0 Å². The molecule has 15 rings (SSSR count). The van der Waals surface area contributed by atoms with E-state index >= 15 is 0 Å². The van der Waals surface area contributed by atoms with Gasteiger partial charge in [0.25, 0.3) is 0 Å². The van der Waals surface area contributed by atoms with Crippen LogP contribution in [0.3, 0.4) is 0 Å². The Bertz CT molecular complexity index is 2420. The highest BCUT2D eigenvalue weighted by Crippen LogP contribution is 2.42. The van der Waals surface area contributed by atoms with E-state index in [0.717, 1.165) is 130 Å². The lowest BCUT2D eigenvalue weighted by Gasteiger charge is -2.23. The quantitative estimate of drug-likeness (QED) is 0.0578. The molecule has 5 aromatic carbocycles. The fourth-order valence-corrected chi connectivity index (χ4v) is 9.05. The lowest BCUT2D eigenvalue weighted by atomic mass is 9.94. The average Bonchev–Trinajstić information content (AvgIpc) is 3.31. The first-order valence-electron chi connectivity index (χ1n) is 23.0. The van der Waals surface area contributed by atoms with Crippen molar-refractivity contribution < 1.29 is 51.9 Å². The van der Waals surface area contributed by atoms with Gasteiger partial charge in [0.1, 0.15) is 57.5 Å². The average molecular weight is 907 g/mol. The molecule has 0 unspecified atom stereocenters. The van der Waals surface area contributed by atoms with Gasteiger partial charge in [-0.2, -0.15) is 0 Å². The van der Waals surface area contributed by atoms with Crippen molar-refractivity contribution in [2.45, 2.75) is 70.6 Å². The van der Waals surface area contributed by atoms with Gasteiger partial charge in [0, 0.05) is 87.7 Å². The van der Waals surface area contributed by atoms with Gasteiger partial charge >= 0.3 is 0 Å². The third-order valence-electron chi connectivity index (χ3n) is 12.6. The smallest absolute Gasteiger partial charge is 0.123 e. The Morgan fingerprint density at radius 3 is 0.712 bits per heavy atom. The molecule has 0 radical (unpaired) electrons. The third kappa shape index (κ3) is 12.1. The van der Waals surface area contributed by atoms with Gasteiger partial charge in [0.15, 0.2) is 0 Å². The summed E-state index contributed by atoms with van der Waals surface area (Å²) >= 11 is 0. The molecule has 10 bridgehead atoms. The minimum absolute atomic E-state index is 0.504. The number of quaternary nitrogens is 1. The minimum atomic E-state index is 0.504. The second kappa shape index (κ2) is 23.0. The van der Waals surface area contributed by atoms with Crippen LogP contribution in [-0.4, -0.2) is 103 Å². The van der Waals surface area contributed by atoms with Crippen molar-refractivity contribution in [1.29, 1.82) is 0 Å². The van der Waals surface area contributed by atoms with Crippen molar-refractivity contribution >= 4 is 0 Å². The van der Waals surface area contributed by atoms with E-state index < -0.39 is 0 Å². The molecule has 0 N–H and O–H groups in total. The van der Waals surface area contributed by atoms with Crippen LogP contribution in [0.2, 0.25) is 0 Å². The summed E-state index contributed by atoms with van der Waals surface area (Å²) in [4.78, 5) is 0. The van der Waals surface area contributed by atoms with E-state index in [-0.39, 0.29) is 0 Å². The normalized spacial score (nSPS) is 12.4. The Kier molecular flexibility index (Phi) is 17.2. The van der Waals surface area contributed by atoms with Crippen molar-refractivity contribution in [3.8, 4) is 57.5 Å². The van der Waals surface area contributed by atoms with Crippen LogP contribution < -0.4 is 47.4 Å². The molecule has 0 spiro atoms. The van der Waals surface area contributed by atoms with E-state index in [1.807, 2.05) is 24.3 Å². The Hall–Kier alpha value is -5.94. The first-order chi connectivity index (χ1) is 31.9. The Morgan fingerprint density at radius 2 is 0.485 bits per heavy atom. The van der Waals surface area contributed by atoms with Crippen molar-refractivity contribution in [2.24, 2.45) is 0 Å². The predicted molar refractivity (Wildman–Crippen MR) is 261 cm³/mol. The highest BCUT2D eigenvalue weighted by atomic mass is 16.5. The summed E-state index contributed by atoms with van der Waals surface area (Å²) in [5.41, 5.74) is 9.46. The summed E-state index contributed by atoms with van der Waals surface area (Å²) in [7, 11) is 22.0. The number of ether oxygens (including phenoxy) is 10. The maximum absolute atomic E-state index is 6.75. The van der Waals surface area contributed by atoms with Crippen LogP contribution in [0.25, 0.3) is 0 Å². The molecule has 0 aliphatic heterocycles. The lowest BCUT2D eigenvalue weighted by Crippen LogP contribution is -2.35. The zero-order chi connectivity index (χ0) is 47.4. The summed E-state index contributed by atoms with van der Waals surface area (Å²) < 4.78 is 62.5.